The summed E-state index contributed by atoms with van der Waals surface area (Å²) < 4.78 is 10.6. The highest BCUT2D eigenvalue weighted by Crippen LogP contribution is 2.35. The maximum absolute atomic E-state index is 12.5. The maximum atomic E-state index is 12.5. The monoisotopic (exact) mass is 434 g/mol. The first-order valence-corrected chi connectivity index (χ1v) is 9.85. The average Bonchev–Trinajstić information content (AvgIpc) is 2.79. The van der Waals surface area contributed by atoms with Crippen molar-refractivity contribution in [2.24, 2.45) is 0 Å². The molecular weight excluding hydrogens is 412 g/mol. The smallest absolute Gasteiger partial charge is 0.266 e. The van der Waals surface area contributed by atoms with E-state index in [9.17, 15) is 14.7 Å². The molecule has 4 rings (SSSR count). The average molecular weight is 434 g/mol. The van der Waals surface area contributed by atoms with Gasteiger partial charge in [-0.3, -0.25) is 14.5 Å². The number of amides is 2. The van der Waals surface area contributed by atoms with E-state index in [-0.39, 0.29) is 36.5 Å². The zero-order valence-corrected chi connectivity index (χ0v) is 17.4. The van der Waals surface area contributed by atoms with Gasteiger partial charge in [0.1, 0.15) is 18.0 Å². The Kier molecular flexibility index (Phi) is 5.80. The van der Waals surface area contributed by atoms with Crippen LogP contribution in [0.25, 0.3) is 11.1 Å². The number of nitrogens with two attached hydrogens (primary N) is 1. The summed E-state index contributed by atoms with van der Waals surface area (Å²) in [5.74, 6) is 0.704. The van der Waals surface area contributed by atoms with E-state index < -0.39 is 0 Å². The van der Waals surface area contributed by atoms with E-state index in [0.29, 0.717) is 29.1 Å². The zero-order valence-electron chi connectivity index (χ0n) is 17.4. The molecule has 2 amide bonds. The Morgan fingerprint density at radius 3 is 2.72 bits per heavy atom. The molecule has 1 aromatic heterocycles. The van der Waals surface area contributed by atoms with Crippen LogP contribution < -0.4 is 25.4 Å². The van der Waals surface area contributed by atoms with Gasteiger partial charge in [-0.25, -0.2) is 4.98 Å². The predicted octanol–water partition coefficient (Wildman–Crippen LogP) is 2.09. The largest absolute Gasteiger partial charge is 0.508 e. The minimum Gasteiger partial charge on any atom is -0.508 e. The van der Waals surface area contributed by atoms with E-state index in [2.05, 4.69) is 10.3 Å². The molecule has 1 aliphatic heterocycles. The lowest BCUT2D eigenvalue weighted by molar-refractivity contribution is -0.125. The first kappa shape index (κ1) is 21.0. The van der Waals surface area contributed by atoms with Crippen molar-refractivity contribution in [3.05, 3.63) is 60.3 Å². The fourth-order valence-electron chi connectivity index (χ4n) is 3.35. The number of phenolic OH excluding ortho intramolecular Hbond substituents is 1. The van der Waals surface area contributed by atoms with Gasteiger partial charge in [-0.05, 0) is 41.5 Å². The first-order valence-electron chi connectivity index (χ1n) is 9.85. The Balaban J connectivity index is 1.48. The van der Waals surface area contributed by atoms with Crippen LogP contribution in [0.4, 0.5) is 11.5 Å². The van der Waals surface area contributed by atoms with Crippen molar-refractivity contribution < 1.29 is 24.2 Å². The van der Waals surface area contributed by atoms with Gasteiger partial charge in [-0.15, -0.1) is 0 Å². The minimum absolute atomic E-state index is 0.0315. The number of hydrogen-bond donors (Lipinski definition) is 3. The van der Waals surface area contributed by atoms with Crippen LogP contribution >= 0.6 is 0 Å². The number of fused-ring (bicyclic) bond motifs is 1. The topological polar surface area (TPSA) is 127 Å². The Morgan fingerprint density at radius 1 is 1.22 bits per heavy atom. The van der Waals surface area contributed by atoms with Gasteiger partial charge in [0.25, 0.3) is 5.91 Å². The molecule has 32 heavy (non-hydrogen) atoms. The van der Waals surface area contributed by atoms with Crippen LogP contribution in [-0.4, -0.2) is 42.2 Å². The van der Waals surface area contributed by atoms with Crippen LogP contribution in [0, 0.1) is 0 Å². The second-order valence-corrected chi connectivity index (χ2v) is 7.25. The molecule has 9 heteroatoms. The zero-order chi connectivity index (χ0) is 22.7. The van der Waals surface area contributed by atoms with Gasteiger partial charge in [0.05, 0.1) is 7.11 Å². The van der Waals surface area contributed by atoms with Crippen molar-refractivity contribution in [3.63, 3.8) is 0 Å². The highest BCUT2D eigenvalue weighted by atomic mass is 16.5. The molecule has 0 unspecified atom stereocenters. The summed E-state index contributed by atoms with van der Waals surface area (Å²) in [4.78, 5) is 30.5. The van der Waals surface area contributed by atoms with Crippen molar-refractivity contribution in [2.75, 3.05) is 30.9 Å². The van der Waals surface area contributed by atoms with Crippen LogP contribution in [-0.2, 0) is 16.1 Å². The highest BCUT2D eigenvalue weighted by Gasteiger charge is 2.29. The Morgan fingerprint density at radius 2 is 2.00 bits per heavy atom. The van der Waals surface area contributed by atoms with Gasteiger partial charge in [0.15, 0.2) is 18.2 Å². The summed E-state index contributed by atoms with van der Waals surface area (Å²) in [5, 5.41) is 12.6. The highest BCUT2D eigenvalue weighted by molar-refractivity contribution is 6.01. The number of nitrogens with zero attached hydrogens (tertiary/aromatic N) is 2. The maximum Gasteiger partial charge on any atom is 0.266 e. The number of nitrogens with one attached hydrogen (secondary N) is 1. The molecule has 0 saturated carbocycles. The molecule has 0 spiro atoms. The van der Waals surface area contributed by atoms with E-state index in [1.807, 2.05) is 24.3 Å². The lowest BCUT2D eigenvalue weighted by atomic mass is 10.1. The summed E-state index contributed by atoms with van der Waals surface area (Å²) in [7, 11) is 1.59. The van der Waals surface area contributed by atoms with E-state index in [1.165, 1.54) is 17.2 Å². The fraction of sp³-hybridized carbons (Fsp3) is 0.174. The number of methoxy groups -OCH3 is 1. The first-order chi connectivity index (χ1) is 15.4. The number of rotatable bonds is 6. The number of aromatic nitrogens is 1. The molecule has 0 bridgehead atoms. The third kappa shape index (κ3) is 4.56. The van der Waals surface area contributed by atoms with Crippen molar-refractivity contribution >= 4 is 23.3 Å². The normalized spacial score (nSPS) is 12.7. The summed E-state index contributed by atoms with van der Waals surface area (Å²) in [5.41, 5.74) is 8.42. The number of ether oxygens (including phenoxy) is 2. The van der Waals surface area contributed by atoms with Crippen LogP contribution in [0.15, 0.2) is 54.7 Å². The number of nitrogen functional groups attached to an aromatic ring is 1. The van der Waals surface area contributed by atoms with Gasteiger partial charge in [0.2, 0.25) is 5.91 Å². The van der Waals surface area contributed by atoms with E-state index in [0.717, 1.165) is 11.3 Å². The predicted molar refractivity (Wildman–Crippen MR) is 118 cm³/mol. The molecule has 2 aromatic carbocycles. The lowest BCUT2D eigenvalue weighted by Crippen LogP contribution is -2.45. The van der Waals surface area contributed by atoms with Gasteiger partial charge in [-0.2, -0.15) is 0 Å². The molecule has 3 aromatic rings. The lowest BCUT2D eigenvalue weighted by Gasteiger charge is -2.28. The molecule has 0 aliphatic carbocycles. The second kappa shape index (κ2) is 8.84. The molecule has 0 fully saturated rings. The molecule has 0 saturated heterocycles. The van der Waals surface area contributed by atoms with Crippen LogP contribution in [0.1, 0.15) is 5.56 Å². The van der Waals surface area contributed by atoms with E-state index in [1.54, 1.807) is 25.3 Å². The third-order valence-corrected chi connectivity index (χ3v) is 4.96. The number of hydrogen-bond acceptors (Lipinski definition) is 7. The quantitative estimate of drug-likeness (QED) is 0.507. The minimum atomic E-state index is -0.362. The van der Waals surface area contributed by atoms with Crippen molar-refractivity contribution in [1.29, 1.82) is 0 Å². The number of benzene rings is 2. The number of pyridine rings is 1. The van der Waals surface area contributed by atoms with Crippen molar-refractivity contribution in [1.82, 2.24) is 10.3 Å². The Bertz CT molecular complexity index is 1140. The Labute approximate surface area is 184 Å². The number of anilines is 2. The summed E-state index contributed by atoms with van der Waals surface area (Å²) in [6.07, 6.45) is 1.54. The standard InChI is InChI=1S/C23H22N4O5/c1-31-19-4-2-14(3-5-19)10-25-21(29)12-27-22(30)13-32-20-8-16(11-26-23(20)27)15-6-17(24)9-18(28)7-15/h2-9,11,28H,10,12-13,24H2,1H3,(H,25,29). The molecule has 2 heterocycles. The molecule has 4 N–H and O–H groups in total. The molecule has 9 nitrogen and oxygen atoms in total. The van der Waals surface area contributed by atoms with E-state index >= 15 is 0 Å². The number of aromatic hydroxyl groups is 1. The van der Waals surface area contributed by atoms with Crippen molar-refractivity contribution in [3.8, 4) is 28.4 Å². The van der Waals surface area contributed by atoms with Gasteiger partial charge < -0.3 is 25.6 Å². The number of carbonyl (C=O) groups excluding carboxylic acids is 2. The van der Waals surface area contributed by atoms with Crippen LogP contribution in [0.2, 0.25) is 0 Å². The molecule has 0 atom stereocenters. The second-order valence-electron chi connectivity index (χ2n) is 7.25. The number of phenols is 1. The SMILES string of the molecule is COc1ccc(CNC(=O)CN2C(=O)COc3cc(-c4cc(N)cc(O)c4)cnc32)cc1. The fourth-order valence-corrected chi connectivity index (χ4v) is 3.35. The van der Waals surface area contributed by atoms with Crippen molar-refractivity contribution in [2.45, 2.75) is 6.54 Å². The summed E-state index contributed by atoms with van der Waals surface area (Å²) in [6.45, 7) is -0.0671. The molecule has 1 aliphatic rings. The summed E-state index contributed by atoms with van der Waals surface area (Å²) in [6, 6.07) is 13.7. The van der Waals surface area contributed by atoms with Crippen LogP contribution in [0.5, 0.6) is 17.2 Å². The number of carbonyl (C=O) groups is 2. The van der Waals surface area contributed by atoms with Gasteiger partial charge in [0, 0.05) is 30.1 Å². The van der Waals surface area contributed by atoms with E-state index in [4.69, 9.17) is 15.2 Å². The molecule has 0 radical (unpaired) electrons. The summed E-state index contributed by atoms with van der Waals surface area (Å²) >= 11 is 0. The molecule has 164 valence electrons. The van der Waals surface area contributed by atoms with Crippen LogP contribution in [0.3, 0.4) is 0 Å². The van der Waals surface area contributed by atoms with Gasteiger partial charge in [-0.1, -0.05) is 12.1 Å². The Hall–Kier alpha value is -4.27. The molecular formula is C23H22N4O5. The third-order valence-electron chi connectivity index (χ3n) is 4.96. The van der Waals surface area contributed by atoms with Gasteiger partial charge >= 0.3 is 0 Å².